The zero-order chi connectivity index (χ0) is 14.5. The molecule has 2 nitrogen and oxygen atoms in total. The summed E-state index contributed by atoms with van der Waals surface area (Å²) in [5, 5.41) is 0. The first-order chi connectivity index (χ1) is 9.44. The lowest BCUT2D eigenvalue weighted by Gasteiger charge is -2.37. The minimum Gasteiger partial charge on any atom is -0.459 e. The maximum absolute atomic E-state index is 12.7. The van der Waals surface area contributed by atoms with E-state index in [1.807, 2.05) is 0 Å². The molecule has 0 radical (unpaired) electrons. The minimum absolute atomic E-state index is 0.131. The number of esters is 1. The molecule has 5 unspecified atom stereocenters. The van der Waals surface area contributed by atoms with E-state index >= 15 is 0 Å². The maximum atomic E-state index is 12.7. The second kappa shape index (κ2) is 5.03. The molecule has 3 aliphatic carbocycles. The number of carbonyl (C=O) groups excluding carboxylic acids is 1. The fourth-order valence-electron chi connectivity index (χ4n) is 5.26. The van der Waals surface area contributed by atoms with Gasteiger partial charge >= 0.3 is 5.97 Å². The van der Waals surface area contributed by atoms with E-state index in [1.54, 1.807) is 0 Å². The summed E-state index contributed by atoms with van der Waals surface area (Å²) in [5.41, 5.74) is -0.145. The quantitative estimate of drug-likeness (QED) is 0.714. The van der Waals surface area contributed by atoms with E-state index in [0.717, 1.165) is 31.1 Å². The fraction of sp³-hybridized carbons (Fsp3) is 0.944. The summed E-state index contributed by atoms with van der Waals surface area (Å²) >= 11 is 0. The molecule has 0 spiro atoms. The number of hydrogen-bond donors (Lipinski definition) is 0. The Labute approximate surface area is 123 Å². The summed E-state index contributed by atoms with van der Waals surface area (Å²) in [4.78, 5) is 12.7. The molecule has 0 N–H and O–H groups in total. The normalized spacial score (nSPS) is 42.4. The van der Waals surface area contributed by atoms with Gasteiger partial charge in [-0.1, -0.05) is 27.7 Å². The van der Waals surface area contributed by atoms with Crippen LogP contribution in [-0.4, -0.2) is 11.6 Å². The van der Waals surface area contributed by atoms with E-state index in [0.29, 0.717) is 17.8 Å². The molecule has 2 heteroatoms. The highest BCUT2D eigenvalue weighted by Gasteiger charge is 2.53. The molecular formula is C18H30O2. The van der Waals surface area contributed by atoms with E-state index in [9.17, 15) is 4.79 Å². The Bertz CT molecular complexity index is 379. The van der Waals surface area contributed by atoms with Crippen molar-refractivity contribution in [3.63, 3.8) is 0 Å². The van der Waals surface area contributed by atoms with E-state index in [2.05, 4.69) is 27.7 Å². The zero-order valence-corrected chi connectivity index (χ0v) is 13.5. The van der Waals surface area contributed by atoms with E-state index < -0.39 is 0 Å². The van der Waals surface area contributed by atoms with Crippen molar-refractivity contribution in [2.24, 2.45) is 35.5 Å². The van der Waals surface area contributed by atoms with Crippen molar-refractivity contribution in [3.05, 3.63) is 0 Å². The van der Waals surface area contributed by atoms with Crippen molar-refractivity contribution < 1.29 is 9.53 Å². The lowest BCUT2D eigenvalue weighted by Crippen LogP contribution is -2.41. The van der Waals surface area contributed by atoms with Crippen molar-refractivity contribution in [2.75, 3.05) is 0 Å². The Morgan fingerprint density at radius 3 is 2.25 bits per heavy atom. The molecule has 0 aliphatic heterocycles. The van der Waals surface area contributed by atoms with Gasteiger partial charge in [0.2, 0.25) is 0 Å². The second-order valence-corrected chi connectivity index (χ2v) is 8.07. The van der Waals surface area contributed by atoms with Gasteiger partial charge in [0.25, 0.3) is 0 Å². The van der Waals surface area contributed by atoms with Crippen LogP contribution in [0.3, 0.4) is 0 Å². The maximum Gasteiger partial charge on any atom is 0.309 e. The molecule has 2 bridgehead atoms. The van der Waals surface area contributed by atoms with Gasteiger partial charge in [-0.2, -0.15) is 0 Å². The molecule has 3 rings (SSSR count). The lowest BCUT2D eigenvalue weighted by atomic mass is 9.75. The molecule has 0 saturated heterocycles. The van der Waals surface area contributed by atoms with Crippen LogP contribution in [0.25, 0.3) is 0 Å². The summed E-state index contributed by atoms with van der Waals surface area (Å²) < 4.78 is 6.14. The van der Waals surface area contributed by atoms with Crippen LogP contribution in [0, 0.1) is 35.5 Å². The van der Waals surface area contributed by atoms with Gasteiger partial charge in [0, 0.05) is 0 Å². The van der Waals surface area contributed by atoms with Gasteiger partial charge in [0.05, 0.1) is 5.92 Å². The van der Waals surface area contributed by atoms with Crippen LogP contribution in [0.5, 0.6) is 0 Å². The number of carbonyl (C=O) groups is 1. The molecule has 5 atom stereocenters. The topological polar surface area (TPSA) is 26.3 Å². The van der Waals surface area contributed by atoms with Crippen molar-refractivity contribution in [1.82, 2.24) is 0 Å². The SMILES string of the molecule is CC1C2CC(C(=O)OC3(C(C)C)CCCC3)C(C2)C1C. The first kappa shape index (κ1) is 14.4. The summed E-state index contributed by atoms with van der Waals surface area (Å²) in [6, 6.07) is 0. The molecule has 0 aromatic heterocycles. The Morgan fingerprint density at radius 1 is 1.10 bits per heavy atom. The average molecular weight is 278 g/mol. The molecule has 114 valence electrons. The lowest BCUT2D eigenvalue weighted by molar-refractivity contribution is -0.172. The number of hydrogen-bond acceptors (Lipinski definition) is 2. The molecule has 0 heterocycles. The molecule has 0 aromatic rings. The smallest absolute Gasteiger partial charge is 0.309 e. The third-order valence-electron chi connectivity index (χ3n) is 7.01. The third-order valence-corrected chi connectivity index (χ3v) is 7.01. The number of ether oxygens (including phenoxy) is 1. The summed E-state index contributed by atoms with van der Waals surface area (Å²) in [6.07, 6.45) is 6.93. The molecule has 20 heavy (non-hydrogen) atoms. The molecule has 3 fully saturated rings. The second-order valence-electron chi connectivity index (χ2n) is 8.07. The van der Waals surface area contributed by atoms with E-state index in [1.165, 1.54) is 19.3 Å². The van der Waals surface area contributed by atoms with Crippen LogP contribution >= 0.6 is 0 Å². The van der Waals surface area contributed by atoms with Gasteiger partial charge in [-0.25, -0.2) is 0 Å². The third kappa shape index (κ3) is 2.10. The Balaban J connectivity index is 1.69. The Hall–Kier alpha value is -0.530. The van der Waals surface area contributed by atoms with E-state index in [4.69, 9.17) is 4.74 Å². The van der Waals surface area contributed by atoms with Gasteiger partial charge in [-0.15, -0.1) is 0 Å². The molecule has 3 aliphatic rings. The van der Waals surface area contributed by atoms with Gasteiger partial charge in [0.1, 0.15) is 5.60 Å². The predicted octanol–water partition coefficient (Wildman–Crippen LogP) is 4.43. The molecule has 3 saturated carbocycles. The molecule has 0 amide bonds. The summed E-state index contributed by atoms with van der Waals surface area (Å²) in [5.74, 6) is 3.64. The highest BCUT2D eigenvalue weighted by atomic mass is 16.6. The fourth-order valence-corrected chi connectivity index (χ4v) is 5.26. The van der Waals surface area contributed by atoms with E-state index in [-0.39, 0.29) is 17.5 Å². The standard InChI is InChI=1S/C18H30O2/c1-11(2)18(7-5-6-8-18)20-17(19)16-10-14-9-15(16)13(4)12(14)3/h11-16H,5-10H2,1-4H3. The zero-order valence-electron chi connectivity index (χ0n) is 13.5. The number of fused-ring (bicyclic) bond motifs is 2. The van der Waals surface area contributed by atoms with Crippen LogP contribution in [-0.2, 0) is 9.53 Å². The van der Waals surface area contributed by atoms with Gasteiger partial charge < -0.3 is 4.74 Å². The first-order valence-corrected chi connectivity index (χ1v) is 8.67. The van der Waals surface area contributed by atoms with Crippen molar-refractivity contribution in [3.8, 4) is 0 Å². The van der Waals surface area contributed by atoms with Gasteiger partial charge in [0.15, 0.2) is 0 Å². The Morgan fingerprint density at radius 2 is 1.75 bits per heavy atom. The highest BCUT2D eigenvalue weighted by Crippen LogP contribution is 2.55. The van der Waals surface area contributed by atoms with Crippen molar-refractivity contribution in [1.29, 1.82) is 0 Å². The molecule has 0 aromatic carbocycles. The summed E-state index contributed by atoms with van der Waals surface area (Å²) in [7, 11) is 0. The van der Waals surface area contributed by atoms with Gasteiger partial charge in [-0.05, 0) is 68.1 Å². The minimum atomic E-state index is -0.145. The van der Waals surface area contributed by atoms with Gasteiger partial charge in [-0.3, -0.25) is 4.79 Å². The van der Waals surface area contributed by atoms with Crippen LogP contribution in [0.4, 0.5) is 0 Å². The predicted molar refractivity (Wildman–Crippen MR) is 80.2 cm³/mol. The Kier molecular flexibility index (Phi) is 3.63. The van der Waals surface area contributed by atoms with Crippen LogP contribution in [0.15, 0.2) is 0 Å². The monoisotopic (exact) mass is 278 g/mol. The first-order valence-electron chi connectivity index (χ1n) is 8.67. The number of rotatable bonds is 3. The van der Waals surface area contributed by atoms with Crippen molar-refractivity contribution in [2.45, 2.75) is 71.8 Å². The average Bonchev–Trinajstić information content (AvgIpc) is 3.08. The molecular weight excluding hydrogens is 248 g/mol. The summed E-state index contributed by atoms with van der Waals surface area (Å²) in [6.45, 7) is 9.13. The van der Waals surface area contributed by atoms with Crippen LogP contribution in [0.1, 0.15) is 66.2 Å². The van der Waals surface area contributed by atoms with Crippen molar-refractivity contribution >= 4 is 5.97 Å². The van der Waals surface area contributed by atoms with Crippen LogP contribution < -0.4 is 0 Å². The highest BCUT2D eigenvalue weighted by molar-refractivity contribution is 5.74. The largest absolute Gasteiger partial charge is 0.459 e. The van der Waals surface area contributed by atoms with Crippen LogP contribution in [0.2, 0.25) is 0 Å².